The lowest BCUT2D eigenvalue weighted by molar-refractivity contribution is -0.156. The van der Waals surface area contributed by atoms with Crippen molar-refractivity contribution >= 4 is 5.97 Å². The molecule has 1 N–H and O–H groups in total. The quantitative estimate of drug-likeness (QED) is 0.693. The standard InChI is InChI=1S/C11H22O3/c1-6-9(10(12)14-5)11(4,13)7-8(2)3/h8-9,13H,6-7H2,1-5H3. The molecule has 2 unspecified atom stereocenters. The second-order valence-electron chi connectivity index (χ2n) is 4.44. The maximum Gasteiger partial charge on any atom is 0.311 e. The van der Waals surface area contributed by atoms with Gasteiger partial charge in [-0.3, -0.25) is 4.79 Å². The summed E-state index contributed by atoms with van der Waals surface area (Å²) in [6.45, 7) is 7.64. The van der Waals surface area contributed by atoms with Crippen molar-refractivity contribution in [3.63, 3.8) is 0 Å². The number of hydrogen-bond acceptors (Lipinski definition) is 3. The van der Waals surface area contributed by atoms with Gasteiger partial charge >= 0.3 is 5.97 Å². The number of ether oxygens (including phenoxy) is 1. The van der Waals surface area contributed by atoms with Crippen LogP contribution >= 0.6 is 0 Å². The van der Waals surface area contributed by atoms with Crippen molar-refractivity contribution in [3.05, 3.63) is 0 Å². The SMILES string of the molecule is CCC(C(=O)OC)C(C)(O)CC(C)C. The minimum atomic E-state index is -0.962. The minimum absolute atomic E-state index is 0.321. The first-order chi connectivity index (χ1) is 6.35. The Balaban J connectivity index is 4.56. The smallest absolute Gasteiger partial charge is 0.311 e. The molecule has 2 atom stereocenters. The molecular weight excluding hydrogens is 180 g/mol. The highest BCUT2D eigenvalue weighted by Gasteiger charge is 2.37. The summed E-state index contributed by atoms with van der Waals surface area (Å²) in [4.78, 5) is 11.4. The fourth-order valence-electron chi connectivity index (χ4n) is 1.97. The van der Waals surface area contributed by atoms with Crippen LogP contribution < -0.4 is 0 Å². The molecule has 0 aromatic rings. The molecule has 0 amide bonds. The Kier molecular flexibility index (Phi) is 5.13. The maximum absolute atomic E-state index is 11.4. The molecule has 0 aliphatic heterocycles. The van der Waals surface area contributed by atoms with Gasteiger partial charge in [0.1, 0.15) is 0 Å². The zero-order chi connectivity index (χ0) is 11.4. The molecular formula is C11H22O3. The van der Waals surface area contributed by atoms with Gasteiger partial charge in [0.05, 0.1) is 18.6 Å². The van der Waals surface area contributed by atoms with E-state index >= 15 is 0 Å². The normalized spacial score (nSPS) is 17.6. The monoisotopic (exact) mass is 202 g/mol. The lowest BCUT2D eigenvalue weighted by Gasteiger charge is -2.31. The molecule has 0 heterocycles. The van der Waals surface area contributed by atoms with E-state index in [0.717, 1.165) is 0 Å². The van der Waals surface area contributed by atoms with Crippen LogP contribution in [0.1, 0.15) is 40.5 Å². The molecule has 0 radical (unpaired) electrons. The lowest BCUT2D eigenvalue weighted by atomic mass is 9.81. The number of carbonyl (C=O) groups excluding carboxylic acids is 1. The fourth-order valence-corrected chi connectivity index (χ4v) is 1.97. The van der Waals surface area contributed by atoms with Gasteiger partial charge in [0.25, 0.3) is 0 Å². The summed E-state index contributed by atoms with van der Waals surface area (Å²) in [5, 5.41) is 10.1. The Labute approximate surface area is 86.5 Å². The van der Waals surface area contributed by atoms with E-state index < -0.39 is 11.5 Å². The molecule has 0 rings (SSSR count). The summed E-state index contributed by atoms with van der Waals surface area (Å²) in [5.74, 6) is -0.378. The van der Waals surface area contributed by atoms with Crippen LogP contribution in [0.15, 0.2) is 0 Å². The lowest BCUT2D eigenvalue weighted by Crippen LogP contribution is -2.41. The summed E-state index contributed by atoms with van der Waals surface area (Å²) in [5.41, 5.74) is -0.962. The van der Waals surface area contributed by atoms with Crippen LogP contribution in [-0.2, 0) is 9.53 Å². The predicted octanol–water partition coefficient (Wildman–Crippen LogP) is 1.98. The summed E-state index contributed by atoms with van der Waals surface area (Å²) in [6.07, 6.45) is 1.22. The minimum Gasteiger partial charge on any atom is -0.469 e. The van der Waals surface area contributed by atoms with Crippen molar-refractivity contribution in [1.29, 1.82) is 0 Å². The highest BCUT2D eigenvalue weighted by Crippen LogP contribution is 2.28. The van der Waals surface area contributed by atoms with Crippen LogP contribution in [0.25, 0.3) is 0 Å². The highest BCUT2D eigenvalue weighted by atomic mass is 16.5. The first-order valence-electron chi connectivity index (χ1n) is 5.15. The van der Waals surface area contributed by atoms with Crippen LogP contribution in [0, 0.1) is 11.8 Å². The number of esters is 1. The molecule has 0 spiro atoms. The van der Waals surface area contributed by atoms with E-state index in [2.05, 4.69) is 4.74 Å². The van der Waals surface area contributed by atoms with Crippen LogP contribution in [0.2, 0.25) is 0 Å². The molecule has 0 aliphatic rings. The topological polar surface area (TPSA) is 46.5 Å². The number of hydrogen-bond donors (Lipinski definition) is 1. The fraction of sp³-hybridized carbons (Fsp3) is 0.909. The van der Waals surface area contributed by atoms with E-state index in [4.69, 9.17) is 0 Å². The van der Waals surface area contributed by atoms with E-state index in [9.17, 15) is 9.90 Å². The summed E-state index contributed by atoms with van der Waals surface area (Å²) in [6, 6.07) is 0. The number of aliphatic hydroxyl groups is 1. The van der Waals surface area contributed by atoms with Crippen LogP contribution in [0.5, 0.6) is 0 Å². The van der Waals surface area contributed by atoms with Crippen molar-refractivity contribution in [2.24, 2.45) is 11.8 Å². The second-order valence-corrected chi connectivity index (χ2v) is 4.44. The van der Waals surface area contributed by atoms with E-state index in [0.29, 0.717) is 18.8 Å². The van der Waals surface area contributed by atoms with Crippen molar-refractivity contribution in [2.45, 2.75) is 46.1 Å². The molecule has 0 saturated carbocycles. The van der Waals surface area contributed by atoms with Crippen LogP contribution in [-0.4, -0.2) is 23.8 Å². The Morgan fingerprint density at radius 3 is 2.29 bits per heavy atom. The Morgan fingerprint density at radius 1 is 1.50 bits per heavy atom. The van der Waals surface area contributed by atoms with Gasteiger partial charge in [0.15, 0.2) is 0 Å². The largest absolute Gasteiger partial charge is 0.469 e. The first kappa shape index (κ1) is 13.4. The van der Waals surface area contributed by atoms with Crippen molar-refractivity contribution in [1.82, 2.24) is 0 Å². The highest BCUT2D eigenvalue weighted by molar-refractivity contribution is 5.73. The summed E-state index contributed by atoms with van der Waals surface area (Å²) in [7, 11) is 1.36. The van der Waals surface area contributed by atoms with Gasteiger partial charge in [-0.1, -0.05) is 20.8 Å². The molecule has 3 nitrogen and oxygen atoms in total. The van der Waals surface area contributed by atoms with E-state index in [1.807, 2.05) is 20.8 Å². The third-order valence-electron chi connectivity index (χ3n) is 2.47. The zero-order valence-corrected chi connectivity index (χ0v) is 9.83. The van der Waals surface area contributed by atoms with Crippen molar-refractivity contribution in [3.8, 4) is 0 Å². The molecule has 84 valence electrons. The number of methoxy groups -OCH3 is 1. The van der Waals surface area contributed by atoms with Crippen LogP contribution in [0.3, 0.4) is 0 Å². The van der Waals surface area contributed by atoms with Gasteiger partial charge < -0.3 is 9.84 Å². The van der Waals surface area contributed by atoms with Gasteiger partial charge in [-0.05, 0) is 25.7 Å². The van der Waals surface area contributed by atoms with Crippen LogP contribution in [0.4, 0.5) is 0 Å². The number of rotatable bonds is 5. The van der Waals surface area contributed by atoms with Gasteiger partial charge in [-0.2, -0.15) is 0 Å². The van der Waals surface area contributed by atoms with E-state index in [-0.39, 0.29) is 5.97 Å². The predicted molar refractivity (Wildman–Crippen MR) is 55.9 cm³/mol. The molecule has 0 saturated heterocycles. The first-order valence-corrected chi connectivity index (χ1v) is 5.15. The summed E-state index contributed by atoms with van der Waals surface area (Å²) >= 11 is 0. The van der Waals surface area contributed by atoms with Gasteiger partial charge in [-0.15, -0.1) is 0 Å². The second kappa shape index (κ2) is 5.35. The molecule has 0 fully saturated rings. The Bertz CT molecular complexity index is 185. The third-order valence-corrected chi connectivity index (χ3v) is 2.47. The third kappa shape index (κ3) is 3.66. The number of carbonyl (C=O) groups is 1. The zero-order valence-electron chi connectivity index (χ0n) is 9.83. The average Bonchev–Trinajstić information content (AvgIpc) is 2.02. The molecule has 0 aromatic heterocycles. The van der Waals surface area contributed by atoms with Crippen molar-refractivity contribution in [2.75, 3.05) is 7.11 Å². The Morgan fingerprint density at radius 2 is 2.00 bits per heavy atom. The molecule has 14 heavy (non-hydrogen) atoms. The molecule has 0 aliphatic carbocycles. The molecule has 0 bridgehead atoms. The van der Waals surface area contributed by atoms with E-state index in [1.165, 1.54) is 7.11 Å². The van der Waals surface area contributed by atoms with Crippen molar-refractivity contribution < 1.29 is 14.6 Å². The average molecular weight is 202 g/mol. The maximum atomic E-state index is 11.4. The van der Waals surface area contributed by atoms with E-state index in [1.54, 1.807) is 6.92 Å². The summed E-state index contributed by atoms with van der Waals surface area (Å²) < 4.78 is 4.67. The van der Waals surface area contributed by atoms with Gasteiger partial charge in [0.2, 0.25) is 0 Å². The Hall–Kier alpha value is -0.570. The van der Waals surface area contributed by atoms with Gasteiger partial charge in [0, 0.05) is 0 Å². The molecule has 0 aromatic carbocycles. The molecule has 3 heteroatoms. The van der Waals surface area contributed by atoms with Gasteiger partial charge in [-0.25, -0.2) is 0 Å².